The molecule has 1 unspecified atom stereocenters. The second-order valence-electron chi connectivity index (χ2n) is 5.81. The van der Waals surface area contributed by atoms with E-state index in [9.17, 15) is 23.8 Å². The molecule has 0 fully saturated rings. The van der Waals surface area contributed by atoms with Crippen molar-refractivity contribution in [2.45, 2.75) is 57.3 Å². The minimum absolute atomic E-state index is 0.0765. The normalized spacial score (nSPS) is 27.7. The molecule has 8 heteroatoms. The predicted octanol–water partition coefficient (Wildman–Crippen LogP) is 1.55. The molecular weight excluding hydrogens is 284 g/mol. The Bertz CT molecular complexity index is 587. The number of hydrogen-bond donors (Lipinski definition) is 2. The van der Waals surface area contributed by atoms with E-state index in [1.165, 1.54) is 4.68 Å². The molecule has 0 aliphatic carbocycles. The molecule has 6 nitrogen and oxygen atoms in total. The molecule has 3 rings (SSSR count). The van der Waals surface area contributed by atoms with Crippen molar-refractivity contribution in [3.8, 4) is 0 Å². The summed E-state index contributed by atoms with van der Waals surface area (Å²) in [5.41, 5.74) is 0.618. The van der Waals surface area contributed by atoms with Gasteiger partial charge in [0.15, 0.2) is 0 Å². The Kier molecular flexibility index (Phi) is 3.16. The second kappa shape index (κ2) is 4.66. The lowest BCUT2D eigenvalue weighted by molar-refractivity contribution is -0.0510. The highest BCUT2D eigenvalue weighted by Gasteiger charge is 2.45. The molecule has 21 heavy (non-hydrogen) atoms. The van der Waals surface area contributed by atoms with Crippen molar-refractivity contribution in [2.75, 3.05) is 0 Å². The number of aryl methyl sites for hydroxylation is 1. The van der Waals surface area contributed by atoms with Crippen LogP contribution in [0.4, 0.5) is 13.6 Å². The molecule has 0 bridgehead atoms. The van der Waals surface area contributed by atoms with Crippen LogP contribution in [-0.2, 0) is 25.4 Å². The van der Waals surface area contributed by atoms with Gasteiger partial charge in [0.05, 0.1) is 18.3 Å². The van der Waals surface area contributed by atoms with E-state index >= 15 is 0 Å². The maximum Gasteiger partial charge on any atom is 0.407 e. The molecule has 0 saturated heterocycles. The summed E-state index contributed by atoms with van der Waals surface area (Å²) in [6.45, 7) is 1.89. The van der Waals surface area contributed by atoms with E-state index in [1.807, 2.05) is 0 Å². The number of rotatable bonds is 0. The molecule has 2 aliphatic rings. The largest absolute Gasteiger partial charge is 0.465 e. The highest BCUT2D eigenvalue weighted by Crippen LogP contribution is 2.41. The van der Waals surface area contributed by atoms with Crippen molar-refractivity contribution >= 4 is 6.09 Å². The number of carbonyl (C=O) groups is 1. The fraction of sp³-hybridized carbons (Fsp3) is 0.692. The number of aromatic nitrogens is 2. The van der Waals surface area contributed by atoms with Gasteiger partial charge in [-0.25, -0.2) is 4.79 Å². The third-order valence-electron chi connectivity index (χ3n) is 4.24. The Morgan fingerprint density at radius 2 is 2.19 bits per heavy atom. The maximum absolute atomic E-state index is 14.4. The number of nitrogens with zero attached hydrogens (tertiary/aromatic N) is 3. The number of carboxylic acid groups (broad SMARTS) is 1. The molecule has 3 heterocycles. The van der Waals surface area contributed by atoms with Crippen LogP contribution in [0.1, 0.15) is 36.7 Å². The van der Waals surface area contributed by atoms with Crippen LogP contribution in [0.2, 0.25) is 0 Å². The Morgan fingerprint density at radius 3 is 2.86 bits per heavy atom. The van der Waals surface area contributed by atoms with Crippen molar-refractivity contribution in [3.05, 3.63) is 17.0 Å². The number of amides is 1. The zero-order chi connectivity index (χ0) is 15.4. The first kappa shape index (κ1) is 14.2. The van der Waals surface area contributed by atoms with Crippen LogP contribution in [0.15, 0.2) is 0 Å². The highest BCUT2D eigenvalue weighted by molar-refractivity contribution is 5.66. The average Bonchev–Trinajstić information content (AvgIpc) is 2.67. The molecule has 116 valence electrons. The first-order chi connectivity index (χ1) is 9.79. The van der Waals surface area contributed by atoms with E-state index in [0.29, 0.717) is 17.7 Å². The number of hydrogen-bond acceptors (Lipinski definition) is 3. The van der Waals surface area contributed by atoms with Gasteiger partial charge in [-0.05, 0) is 13.3 Å². The van der Waals surface area contributed by atoms with Gasteiger partial charge in [0.2, 0.25) is 0 Å². The van der Waals surface area contributed by atoms with Gasteiger partial charge in [-0.15, -0.1) is 0 Å². The van der Waals surface area contributed by atoms with Gasteiger partial charge >= 0.3 is 6.09 Å². The van der Waals surface area contributed by atoms with Crippen LogP contribution in [0, 0.1) is 0 Å². The van der Waals surface area contributed by atoms with E-state index in [1.54, 1.807) is 6.92 Å². The van der Waals surface area contributed by atoms with Crippen molar-refractivity contribution in [3.63, 3.8) is 0 Å². The van der Waals surface area contributed by atoms with Gasteiger partial charge < -0.3 is 15.1 Å². The zero-order valence-corrected chi connectivity index (χ0v) is 11.6. The summed E-state index contributed by atoms with van der Waals surface area (Å²) < 4.78 is 30.0. The molecule has 2 aliphatic heterocycles. The lowest BCUT2D eigenvalue weighted by Gasteiger charge is -2.31. The summed E-state index contributed by atoms with van der Waals surface area (Å²) in [5, 5.41) is 23.0. The first-order valence-electron chi connectivity index (χ1n) is 6.94. The molecule has 2 N–H and O–H groups in total. The summed E-state index contributed by atoms with van der Waals surface area (Å²) in [6.07, 6.45) is -2.28. The molecule has 1 aromatic heterocycles. The van der Waals surface area contributed by atoms with E-state index in [2.05, 4.69) is 5.10 Å². The number of alkyl halides is 2. The van der Waals surface area contributed by atoms with Crippen molar-refractivity contribution in [1.82, 2.24) is 14.7 Å². The van der Waals surface area contributed by atoms with Crippen molar-refractivity contribution in [2.24, 2.45) is 0 Å². The summed E-state index contributed by atoms with van der Waals surface area (Å²) in [7, 11) is 0. The van der Waals surface area contributed by atoms with Crippen molar-refractivity contribution in [1.29, 1.82) is 0 Å². The monoisotopic (exact) mass is 301 g/mol. The van der Waals surface area contributed by atoms with E-state index in [0.717, 1.165) is 4.90 Å². The van der Waals surface area contributed by atoms with Crippen LogP contribution in [0.5, 0.6) is 0 Å². The lowest BCUT2D eigenvalue weighted by atomic mass is 9.96. The van der Waals surface area contributed by atoms with Gasteiger partial charge in [-0.1, -0.05) is 0 Å². The van der Waals surface area contributed by atoms with Crippen LogP contribution in [0.25, 0.3) is 0 Å². The van der Waals surface area contributed by atoms with E-state index in [4.69, 9.17) is 0 Å². The molecule has 0 saturated carbocycles. The van der Waals surface area contributed by atoms with Crippen LogP contribution in [0.3, 0.4) is 0 Å². The Hall–Kier alpha value is -1.70. The smallest absolute Gasteiger partial charge is 0.407 e. The SMILES string of the molecule is C[C@@H]1Cc2nn3c(c2CN1C(=O)O)C(F)(F)CC(O)CC3. The quantitative estimate of drug-likeness (QED) is 0.762. The zero-order valence-electron chi connectivity index (χ0n) is 11.6. The molecule has 2 atom stereocenters. The topological polar surface area (TPSA) is 78.6 Å². The minimum atomic E-state index is -3.19. The van der Waals surface area contributed by atoms with E-state index < -0.39 is 24.5 Å². The summed E-state index contributed by atoms with van der Waals surface area (Å²) in [6, 6.07) is -0.284. The predicted molar refractivity (Wildman–Crippen MR) is 68.1 cm³/mol. The minimum Gasteiger partial charge on any atom is -0.465 e. The number of aliphatic hydroxyl groups excluding tert-OH is 1. The molecule has 0 radical (unpaired) electrons. The molecular formula is C13H17F2N3O3. The summed E-state index contributed by atoms with van der Waals surface area (Å²) in [5.74, 6) is -3.19. The van der Waals surface area contributed by atoms with Gasteiger partial charge in [-0.3, -0.25) is 4.68 Å². The Labute approximate surface area is 120 Å². The standard InChI is InChI=1S/C13H17F2N3O3/c1-7-4-10-9(6-17(7)12(20)21)11-13(14,15)5-8(19)2-3-18(11)16-10/h7-8,19H,2-6H2,1H3,(H,20,21)/t7-,8?/m1/s1. The molecule has 0 spiro atoms. The Balaban J connectivity index is 2.07. The lowest BCUT2D eigenvalue weighted by Crippen LogP contribution is -2.42. The number of halogens is 2. The third-order valence-corrected chi connectivity index (χ3v) is 4.24. The Morgan fingerprint density at radius 1 is 1.48 bits per heavy atom. The van der Waals surface area contributed by atoms with Crippen LogP contribution >= 0.6 is 0 Å². The first-order valence-corrected chi connectivity index (χ1v) is 6.94. The van der Waals surface area contributed by atoms with Gasteiger partial charge in [-0.2, -0.15) is 13.9 Å². The van der Waals surface area contributed by atoms with Crippen LogP contribution < -0.4 is 0 Å². The third kappa shape index (κ3) is 2.27. The van der Waals surface area contributed by atoms with E-state index in [-0.39, 0.29) is 31.2 Å². The van der Waals surface area contributed by atoms with Gasteiger partial charge in [0.1, 0.15) is 5.69 Å². The molecule has 1 aromatic rings. The maximum atomic E-state index is 14.4. The van der Waals surface area contributed by atoms with Gasteiger partial charge in [0, 0.05) is 31.0 Å². The van der Waals surface area contributed by atoms with Crippen molar-refractivity contribution < 1.29 is 23.8 Å². The number of aliphatic hydroxyl groups is 1. The fourth-order valence-electron chi connectivity index (χ4n) is 3.19. The second-order valence-corrected chi connectivity index (χ2v) is 5.81. The van der Waals surface area contributed by atoms with Gasteiger partial charge in [0.25, 0.3) is 5.92 Å². The average molecular weight is 301 g/mol. The number of fused-ring (bicyclic) bond motifs is 3. The van der Waals surface area contributed by atoms with Crippen LogP contribution in [-0.4, -0.2) is 43.1 Å². The summed E-state index contributed by atoms with van der Waals surface area (Å²) >= 11 is 0. The summed E-state index contributed by atoms with van der Waals surface area (Å²) in [4.78, 5) is 12.4. The highest BCUT2D eigenvalue weighted by atomic mass is 19.3. The molecule has 1 amide bonds. The fourth-order valence-corrected chi connectivity index (χ4v) is 3.19. The molecule has 0 aromatic carbocycles.